The Labute approximate surface area is 185 Å². The van der Waals surface area contributed by atoms with E-state index in [9.17, 15) is 18.0 Å². The largest absolute Gasteiger partial charge is 0.573 e. The summed E-state index contributed by atoms with van der Waals surface area (Å²) in [6, 6.07) is 16.2. The van der Waals surface area contributed by atoms with Gasteiger partial charge in [0.2, 0.25) is 5.88 Å². The van der Waals surface area contributed by atoms with Gasteiger partial charge in [0.1, 0.15) is 23.6 Å². The minimum Gasteiger partial charge on any atom is -0.439 e. The number of nitrogens with zero attached hydrogens (tertiary/aromatic N) is 3. The lowest BCUT2D eigenvalue weighted by Gasteiger charge is -2.11. The van der Waals surface area contributed by atoms with Crippen LogP contribution in [0.15, 0.2) is 85.5 Å². The Hall–Kier alpha value is -4.54. The summed E-state index contributed by atoms with van der Waals surface area (Å²) in [5.41, 5.74) is 0.775. The normalized spacial score (nSPS) is 11.0. The van der Waals surface area contributed by atoms with Crippen LogP contribution < -0.4 is 20.1 Å². The lowest BCUT2D eigenvalue weighted by molar-refractivity contribution is -0.274. The van der Waals surface area contributed by atoms with E-state index < -0.39 is 12.4 Å². The van der Waals surface area contributed by atoms with Crippen LogP contribution in [0, 0.1) is 0 Å². The van der Waals surface area contributed by atoms with E-state index in [1.807, 2.05) is 29.1 Å². The highest BCUT2D eigenvalue weighted by atomic mass is 19.4. The van der Waals surface area contributed by atoms with Crippen LogP contribution >= 0.6 is 0 Å². The summed E-state index contributed by atoms with van der Waals surface area (Å²) >= 11 is 0. The second-order valence-corrected chi connectivity index (χ2v) is 6.58. The van der Waals surface area contributed by atoms with Crippen molar-refractivity contribution in [2.45, 2.75) is 6.36 Å². The second-order valence-electron chi connectivity index (χ2n) is 6.58. The van der Waals surface area contributed by atoms with Crippen LogP contribution in [0.1, 0.15) is 0 Å². The van der Waals surface area contributed by atoms with Crippen LogP contribution in [0.25, 0.3) is 5.82 Å². The van der Waals surface area contributed by atoms with E-state index >= 15 is 0 Å². The first-order valence-corrected chi connectivity index (χ1v) is 9.51. The van der Waals surface area contributed by atoms with Gasteiger partial charge < -0.3 is 24.7 Å². The van der Waals surface area contributed by atoms with E-state index in [4.69, 9.17) is 4.74 Å². The first-order chi connectivity index (χ1) is 15.8. The number of carbonyl (C=O) groups is 1. The van der Waals surface area contributed by atoms with Crippen molar-refractivity contribution in [1.82, 2.24) is 14.5 Å². The summed E-state index contributed by atoms with van der Waals surface area (Å²) in [7, 11) is 0. The molecule has 0 fully saturated rings. The molecule has 33 heavy (non-hydrogen) atoms. The molecule has 4 aromatic rings. The highest BCUT2D eigenvalue weighted by molar-refractivity contribution is 5.99. The molecule has 0 bridgehead atoms. The number of benzene rings is 2. The molecule has 0 spiro atoms. The van der Waals surface area contributed by atoms with Crippen LogP contribution in [0.4, 0.5) is 29.3 Å². The first-order valence-electron chi connectivity index (χ1n) is 9.51. The van der Waals surface area contributed by atoms with E-state index in [1.165, 1.54) is 18.5 Å². The third kappa shape index (κ3) is 6.23. The number of carbonyl (C=O) groups excluding carboxylic acids is 1. The maximum absolute atomic E-state index is 12.2. The minimum absolute atomic E-state index is 0.296. The average Bonchev–Trinajstić information content (AvgIpc) is 3.31. The Kier molecular flexibility index (Phi) is 6.11. The Balaban J connectivity index is 1.32. The van der Waals surface area contributed by atoms with E-state index in [2.05, 4.69) is 25.3 Å². The molecule has 0 radical (unpaired) electrons. The fourth-order valence-electron chi connectivity index (χ4n) is 2.77. The minimum atomic E-state index is -4.78. The molecular weight excluding hydrogens is 439 g/mol. The average molecular weight is 455 g/mol. The zero-order valence-corrected chi connectivity index (χ0v) is 16.8. The molecule has 2 heterocycles. The topological polar surface area (TPSA) is 90.3 Å². The summed E-state index contributed by atoms with van der Waals surface area (Å²) in [5, 5.41) is 5.13. The van der Waals surface area contributed by atoms with Gasteiger partial charge in [-0.25, -0.2) is 14.8 Å². The third-order valence-corrected chi connectivity index (χ3v) is 4.18. The van der Waals surface area contributed by atoms with Crippen molar-refractivity contribution in [3.05, 3.63) is 85.5 Å². The molecule has 168 valence electrons. The molecule has 2 amide bonds. The standard InChI is InChI=1S/C22H16F3N5O3/c23-22(24,25)33-18-9-5-16(6-10-18)29-21(31)28-15-3-7-17(8-4-15)32-20-13-19(26-14-27-20)30-11-1-2-12-30/h1-14H,(H2,28,29,31). The molecule has 2 aromatic heterocycles. The van der Waals surface area contributed by atoms with Crippen LogP contribution in [0.5, 0.6) is 17.4 Å². The first kappa shape index (κ1) is 21.7. The molecule has 11 heteroatoms. The Bertz CT molecular complexity index is 1210. The second kappa shape index (κ2) is 9.30. The van der Waals surface area contributed by atoms with E-state index in [1.54, 1.807) is 30.3 Å². The molecule has 0 aliphatic rings. The fourth-order valence-corrected chi connectivity index (χ4v) is 2.77. The van der Waals surface area contributed by atoms with E-state index in [0.29, 0.717) is 28.8 Å². The van der Waals surface area contributed by atoms with Crippen molar-refractivity contribution in [2.24, 2.45) is 0 Å². The Morgan fingerprint density at radius 1 is 0.848 bits per heavy atom. The molecule has 0 saturated carbocycles. The monoisotopic (exact) mass is 455 g/mol. The van der Waals surface area contributed by atoms with Gasteiger partial charge in [-0.15, -0.1) is 13.2 Å². The molecule has 0 atom stereocenters. The van der Waals surface area contributed by atoms with Gasteiger partial charge in [-0.1, -0.05) is 0 Å². The maximum atomic E-state index is 12.2. The lowest BCUT2D eigenvalue weighted by atomic mass is 10.3. The summed E-state index contributed by atoms with van der Waals surface area (Å²) < 4.78 is 47.9. The number of anilines is 2. The number of ether oxygens (including phenoxy) is 2. The van der Waals surface area contributed by atoms with Crippen molar-refractivity contribution >= 4 is 17.4 Å². The number of halogens is 3. The quantitative estimate of drug-likeness (QED) is 0.395. The molecule has 2 N–H and O–H groups in total. The lowest BCUT2D eigenvalue weighted by Crippen LogP contribution is -2.19. The zero-order chi connectivity index (χ0) is 23.3. The number of hydrogen-bond acceptors (Lipinski definition) is 5. The summed E-state index contributed by atoms with van der Waals surface area (Å²) in [6.45, 7) is 0. The van der Waals surface area contributed by atoms with Gasteiger partial charge in [0.15, 0.2) is 0 Å². The van der Waals surface area contributed by atoms with Crippen LogP contribution in [-0.2, 0) is 0 Å². The Morgan fingerprint density at radius 2 is 1.42 bits per heavy atom. The van der Waals surface area contributed by atoms with Crippen molar-refractivity contribution < 1.29 is 27.4 Å². The van der Waals surface area contributed by atoms with Gasteiger partial charge in [-0.3, -0.25) is 0 Å². The van der Waals surface area contributed by atoms with Crippen LogP contribution in [-0.4, -0.2) is 26.9 Å². The van der Waals surface area contributed by atoms with Crippen molar-refractivity contribution in [3.63, 3.8) is 0 Å². The predicted octanol–water partition coefficient (Wildman–Crippen LogP) is 5.60. The molecule has 2 aromatic carbocycles. The van der Waals surface area contributed by atoms with Gasteiger partial charge >= 0.3 is 12.4 Å². The molecule has 0 aliphatic heterocycles. The van der Waals surface area contributed by atoms with Crippen molar-refractivity contribution in [2.75, 3.05) is 10.6 Å². The highest BCUT2D eigenvalue weighted by Gasteiger charge is 2.30. The van der Waals surface area contributed by atoms with Crippen molar-refractivity contribution in [3.8, 4) is 23.2 Å². The van der Waals surface area contributed by atoms with Gasteiger partial charge in [0.25, 0.3) is 0 Å². The van der Waals surface area contributed by atoms with Crippen molar-refractivity contribution in [1.29, 1.82) is 0 Å². The Morgan fingerprint density at radius 3 is 2.00 bits per heavy atom. The summed E-state index contributed by atoms with van der Waals surface area (Å²) in [6.07, 6.45) is 0.317. The highest BCUT2D eigenvalue weighted by Crippen LogP contribution is 2.25. The molecular formula is C22H16F3N5O3. The smallest absolute Gasteiger partial charge is 0.439 e. The fraction of sp³-hybridized carbons (Fsp3) is 0.0455. The van der Waals surface area contributed by atoms with E-state index in [0.717, 1.165) is 12.1 Å². The summed E-state index contributed by atoms with van der Waals surface area (Å²) in [4.78, 5) is 20.4. The number of aromatic nitrogens is 3. The molecule has 0 aliphatic carbocycles. The molecule has 0 saturated heterocycles. The van der Waals surface area contributed by atoms with Crippen LogP contribution in [0.3, 0.4) is 0 Å². The number of urea groups is 1. The predicted molar refractivity (Wildman–Crippen MR) is 114 cm³/mol. The summed E-state index contributed by atoms with van der Waals surface area (Å²) in [5.74, 6) is 1.12. The zero-order valence-electron chi connectivity index (χ0n) is 16.8. The number of alkyl halides is 3. The van der Waals surface area contributed by atoms with Gasteiger partial charge in [0.05, 0.1) is 0 Å². The number of rotatable bonds is 6. The van der Waals surface area contributed by atoms with Gasteiger partial charge in [-0.2, -0.15) is 0 Å². The van der Waals surface area contributed by atoms with Crippen LogP contribution in [0.2, 0.25) is 0 Å². The van der Waals surface area contributed by atoms with Gasteiger partial charge in [0, 0.05) is 29.8 Å². The number of nitrogens with one attached hydrogen (secondary N) is 2. The number of hydrogen-bond donors (Lipinski definition) is 2. The SMILES string of the molecule is O=C(Nc1ccc(Oc2cc(-n3cccc3)ncn2)cc1)Nc1ccc(OC(F)(F)F)cc1. The molecule has 0 unspecified atom stereocenters. The van der Waals surface area contributed by atoms with E-state index in [-0.39, 0.29) is 5.75 Å². The molecule has 4 rings (SSSR count). The number of amides is 2. The third-order valence-electron chi connectivity index (χ3n) is 4.18. The molecule has 8 nitrogen and oxygen atoms in total. The van der Waals surface area contributed by atoms with Gasteiger partial charge in [-0.05, 0) is 60.7 Å². The maximum Gasteiger partial charge on any atom is 0.573 e.